The molecular formula is C14H21BrO. The molecule has 1 aromatic carbocycles. The van der Waals surface area contributed by atoms with Gasteiger partial charge in [0, 0.05) is 11.9 Å². The van der Waals surface area contributed by atoms with Crippen molar-refractivity contribution in [3.05, 3.63) is 35.9 Å². The van der Waals surface area contributed by atoms with Crippen LogP contribution in [0.4, 0.5) is 0 Å². The Hall–Kier alpha value is -0.340. The summed E-state index contributed by atoms with van der Waals surface area (Å²) < 4.78 is 5.62. The van der Waals surface area contributed by atoms with Crippen LogP contribution in [0.15, 0.2) is 30.3 Å². The lowest BCUT2D eigenvalue weighted by Crippen LogP contribution is -1.99. The molecule has 0 saturated carbocycles. The van der Waals surface area contributed by atoms with Gasteiger partial charge in [-0.15, -0.1) is 0 Å². The second kappa shape index (κ2) is 8.77. The second-order valence-corrected chi connectivity index (χ2v) is 4.94. The highest BCUT2D eigenvalue weighted by molar-refractivity contribution is 9.09. The maximum Gasteiger partial charge on any atom is 0.0716 e. The van der Waals surface area contributed by atoms with Crippen LogP contribution in [0.5, 0.6) is 0 Å². The number of halogens is 1. The Labute approximate surface area is 107 Å². The molecule has 0 heterocycles. The van der Waals surface area contributed by atoms with Crippen molar-refractivity contribution in [3.63, 3.8) is 0 Å². The maximum absolute atomic E-state index is 5.62. The van der Waals surface area contributed by atoms with Crippen LogP contribution in [0.1, 0.15) is 31.7 Å². The Balaban J connectivity index is 1.96. The van der Waals surface area contributed by atoms with Gasteiger partial charge in [0.1, 0.15) is 0 Å². The Morgan fingerprint density at radius 2 is 1.94 bits per heavy atom. The Morgan fingerprint density at radius 3 is 2.62 bits per heavy atom. The van der Waals surface area contributed by atoms with Gasteiger partial charge in [0.2, 0.25) is 0 Å². The standard InChI is InChI=1S/C14H21BrO/c1-13(11-15)7-5-6-10-16-12-14-8-3-2-4-9-14/h2-4,8-9,13H,5-7,10-12H2,1H3. The third-order valence-electron chi connectivity index (χ3n) is 2.61. The number of ether oxygens (including phenoxy) is 1. The zero-order valence-corrected chi connectivity index (χ0v) is 11.6. The van der Waals surface area contributed by atoms with Gasteiger partial charge >= 0.3 is 0 Å². The van der Waals surface area contributed by atoms with Crippen LogP contribution in [0, 0.1) is 5.92 Å². The van der Waals surface area contributed by atoms with E-state index in [-0.39, 0.29) is 0 Å². The summed E-state index contributed by atoms with van der Waals surface area (Å²) in [7, 11) is 0. The molecule has 0 aliphatic rings. The fraction of sp³-hybridized carbons (Fsp3) is 0.571. The number of rotatable bonds is 8. The average molecular weight is 285 g/mol. The van der Waals surface area contributed by atoms with Crippen molar-refractivity contribution < 1.29 is 4.74 Å². The normalized spacial score (nSPS) is 12.6. The minimum atomic E-state index is 0.745. The molecule has 16 heavy (non-hydrogen) atoms. The molecule has 0 amide bonds. The number of hydrogen-bond donors (Lipinski definition) is 0. The van der Waals surface area contributed by atoms with Crippen molar-refractivity contribution in [2.75, 3.05) is 11.9 Å². The van der Waals surface area contributed by atoms with Crippen LogP contribution in [0.25, 0.3) is 0 Å². The molecule has 1 rings (SSSR count). The van der Waals surface area contributed by atoms with E-state index in [1.165, 1.54) is 24.8 Å². The molecule has 0 bridgehead atoms. The van der Waals surface area contributed by atoms with E-state index in [4.69, 9.17) is 4.74 Å². The molecule has 2 heteroatoms. The zero-order chi connectivity index (χ0) is 11.6. The van der Waals surface area contributed by atoms with Crippen LogP contribution in [-0.2, 0) is 11.3 Å². The van der Waals surface area contributed by atoms with Crippen LogP contribution < -0.4 is 0 Å². The van der Waals surface area contributed by atoms with Crippen molar-refractivity contribution in [2.24, 2.45) is 5.92 Å². The SMILES string of the molecule is CC(CBr)CCCCOCc1ccccc1. The molecule has 0 aromatic heterocycles. The summed E-state index contributed by atoms with van der Waals surface area (Å²) in [6, 6.07) is 10.3. The summed E-state index contributed by atoms with van der Waals surface area (Å²) in [5, 5.41) is 1.11. The first-order chi connectivity index (χ1) is 7.83. The summed E-state index contributed by atoms with van der Waals surface area (Å²) in [5.41, 5.74) is 1.26. The second-order valence-electron chi connectivity index (χ2n) is 4.29. The molecule has 90 valence electrons. The third-order valence-corrected chi connectivity index (χ3v) is 3.72. The average Bonchev–Trinajstić information content (AvgIpc) is 2.34. The van der Waals surface area contributed by atoms with Gasteiger partial charge in [0.25, 0.3) is 0 Å². The Morgan fingerprint density at radius 1 is 1.19 bits per heavy atom. The summed E-state index contributed by atoms with van der Waals surface area (Å²) in [6.07, 6.45) is 3.73. The number of unbranched alkanes of at least 4 members (excludes halogenated alkanes) is 1. The molecule has 0 radical (unpaired) electrons. The van der Waals surface area contributed by atoms with E-state index < -0.39 is 0 Å². The van der Waals surface area contributed by atoms with Crippen molar-refractivity contribution >= 4 is 15.9 Å². The highest BCUT2D eigenvalue weighted by Gasteiger charge is 1.99. The molecule has 0 N–H and O–H groups in total. The summed E-state index contributed by atoms with van der Waals surface area (Å²) in [5.74, 6) is 0.786. The number of hydrogen-bond acceptors (Lipinski definition) is 1. The lowest BCUT2D eigenvalue weighted by atomic mass is 10.1. The third kappa shape index (κ3) is 6.29. The highest BCUT2D eigenvalue weighted by Crippen LogP contribution is 2.10. The fourth-order valence-electron chi connectivity index (χ4n) is 1.54. The molecule has 0 fully saturated rings. The molecule has 1 aromatic rings. The van der Waals surface area contributed by atoms with Gasteiger partial charge in [0.15, 0.2) is 0 Å². The summed E-state index contributed by atoms with van der Waals surface area (Å²) in [4.78, 5) is 0. The molecule has 0 aliphatic carbocycles. The quantitative estimate of drug-likeness (QED) is 0.508. The lowest BCUT2D eigenvalue weighted by molar-refractivity contribution is 0.116. The molecular weight excluding hydrogens is 264 g/mol. The summed E-state index contributed by atoms with van der Waals surface area (Å²) >= 11 is 3.50. The van der Waals surface area contributed by atoms with Gasteiger partial charge in [-0.2, -0.15) is 0 Å². The minimum Gasteiger partial charge on any atom is -0.377 e. The first kappa shape index (κ1) is 13.7. The van der Waals surface area contributed by atoms with Crippen molar-refractivity contribution in [3.8, 4) is 0 Å². The molecule has 0 saturated heterocycles. The molecule has 1 nitrogen and oxygen atoms in total. The smallest absolute Gasteiger partial charge is 0.0716 e. The first-order valence-electron chi connectivity index (χ1n) is 6.00. The molecule has 1 unspecified atom stereocenters. The van der Waals surface area contributed by atoms with Crippen LogP contribution >= 0.6 is 15.9 Å². The summed E-state index contributed by atoms with van der Waals surface area (Å²) in [6.45, 7) is 3.90. The van der Waals surface area contributed by atoms with E-state index in [0.29, 0.717) is 0 Å². The van der Waals surface area contributed by atoms with E-state index >= 15 is 0 Å². The van der Waals surface area contributed by atoms with Crippen molar-refractivity contribution in [2.45, 2.75) is 32.8 Å². The topological polar surface area (TPSA) is 9.23 Å². The number of benzene rings is 1. The van der Waals surface area contributed by atoms with Crippen LogP contribution in [0.3, 0.4) is 0 Å². The van der Waals surface area contributed by atoms with Gasteiger partial charge in [-0.25, -0.2) is 0 Å². The van der Waals surface area contributed by atoms with Crippen LogP contribution in [0.2, 0.25) is 0 Å². The molecule has 1 atom stereocenters. The lowest BCUT2D eigenvalue weighted by Gasteiger charge is -2.07. The van der Waals surface area contributed by atoms with Gasteiger partial charge in [-0.1, -0.05) is 59.6 Å². The van der Waals surface area contributed by atoms with Gasteiger partial charge < -0.3 is 4.74 Å². The van der Waals surface area contributed by atoms with Crippen molar-refractivity contribution in [1.82, 2.24) is 0 Å². The largest absolute Gasteiger partial charge is 0.377 e. The van der Waals surface area contributed by atoms with Gasteiger partial charge in [-0.3, -0.25) is 0 Å². The fourth-order valence-corrected chi connectivity index (χ4v) is 1.86. The van der Waals surface area contributed by atoms with Gasteiger partial charge in [-0.05, 0) is 24.3 Å². The zero-order valence-electron chi connectivity index (χ0n) is 9.99. The maximum atomic E-state index is 5.62. The van der Waals surface area contributed by atoms with E-state index in [1.54, 1.807) is 0 Å². The highest BCUT2D eigenvalue weighted by atomic mass is 79.9. The van der Waals surface area contributed by atoms with E-state index in [2.05, 4.69) is 47.1 Å². The molecule has 0 aliphatic heterocycles. The Kier molecular flexibility index (Phi) is 7.52. The minimum absolute atomic E-state index is 0.745. The van der Waals surface area contributed by atoms with E-state index in [0.717, 1.165) is 24.5 Å². The Bertz CT molecular complexity index is 261. The first-order valence-corrected chi connectivity index (χ1v) is 7.12. The number of alkyl halides is 1. The van der Waals surface area contributed by atoms with Crippen LogP contribution in [-0.4, -0.2) is 11.9 Å². The monoisotopic (exact) mass is 284 g/mol. The van der Waals surface area contributed by atoms with E-state index in [9.17, 15) is 0 Å². The molecule has 0 spiro atoms. The van der Waals surface area contributed by atoms with Gasteiger partial charge in [0.05, 0.1) is 6.61 Å². The van der Waals surface area contributed by atoms with Crippen molar-refractivity contribution in [1.29, 1.82) is 0 Å². The van der Waals surface area contributed by atoms with E-state index in [1.807, 2.05) is 6.07 Å². The predicted octanol–water partition coefficient (Wildman–Crippen LogP) is 4.40. The predicted molar refractivity (Wildman–Crippen MR) is 72.9 cm³/mol.